The van der Waals surface area contributed by atoms with Crippen molar-refractivity contribution in [1.29, 1.82) is 0 Å². The third-order valence-electron chi connectivity index (χ3n) is 4.13. The molecular formula is C21H16BrClFNS. The number of hydrogen-bond acceptors (Lipinski definition) is 2. The number of aryl methyl sites for hydroxylation is 2. The van der Waals surface area contributed by atoms with Crippen LogP contribution in [0.1, 0.15) is 22.3 Å². The topological polar surface area (TPSA) is 12.0 Å². The van der Waals surface area contributed by atoms with Gasteiger partial charge in [-0.25, -0.2) is 4.39 Å². The monoisotopic (exact) mass is 447 g/mol. The number of nitrogens with one attached hydrogen (secondary N) is 1. The van der Waals surface area contributed by atoms with Crippen LogP contribution in [0.5, 0.6) is 0 Å². The van der Waals surface area contributed by atoms with E-state index in [9.17, 15) is 4.39 Å². The summed E-state index contributed by atoms with van der Waals surface area (Å²) in [5.41, 5.74) is 5.18. The van der Waals surface area contributed by atoms with Gasteiger partial charge in [0, 0.05) is 15.7 Å². The van der Waals surface area contributed by atoms with E-state index in [1.165, 1.54) is 12.1 Å². The second-order valence-electron chi connectivity index (χ2n) is 6.04. The number of hydrogen-bond donors (Lipinski definition) is 1. The predicted octanol–water partition coefficient (Wildman–Crippen LogP) is 7.37. The molecule has 0 spiro atoms. The summed E-state index contributed by atoms with van der Waals surface area (Å²) < 4.78 is 14.4. The highest BCUT2D eigenvalue weighted by Gasteiger charge is 2.14. The van der Waals surface area contributed by atoms with Gasteiger partial charge in [0.1, 0.15) is 5.82 Å². The van der Waals surface area contributed by atoms with E-state index in [1.54, 1.807) is 6.07 Å². The zero-order chi connectivity index (χ0) is 18.8. The van der Waals surface area contributed by atoms with Crippen molar-refractivity contribution in [2.75, 3.05) is 5.32 Å². The van der Waals surface area contributed by atoms with Gasteiger partial charge < -0.3 is 5.32 Å². The Balaban J connectivity index is 1.97. The minimum absolute atomic E-state index is 0.277. The lowest BCUT2D eigenvalue weighted by Gasteiger charge is -2.15. The number of thiocarbonyl (C=S) groups is 1. The van der Waals surface area contributed by atoms with Crippen molar-refractivity contribution in [2.45, 2.75) is 13.8 Å². The highest BCUT2D eigenvalue weighted by Crippen LogP contribution is 2.32. The lowest BCUT2D eigenvalue weighted by atomic mass is 9.99. The van der Waals surface area contributed by atoms with Gasteiger partial charge >= 0.3 is 0 Å². The SMILES string of the molecule is Cc1cc(Br)ccc1Nc1cccc(C(=S)c2ccc(F)cc2C)c1Cl. The Morgan fingerprint density at radius 3 is 2.42 bits per heavy atom. The molecule has 0 aromatic heterocycles. The zero-order valence-corrected chi connectivity index (χ0v) is 17.4. The van der Waals surface area contributed by atoms with Crippen LogP contribution >= 0.6 is 39.7 Å². The molecule has 3 rings (SSSR count). The van der Waals surface area contributed by atoms with E-state index >= 15 is 0 Å². The molecule has 0 fully saturated rings. The maximum atomic E-state index is 13.4. The number of benzene rings is 3. The number of halogens is 3. The molecule has 0 radical (unpaired) electrons. The van der Waals surface area contributed by atoms with Gasteiger partial charge in [0.2, 0.25) is 0 Å². The Bertz CT molecular complexity index is 1000. The first-order valence-electron chi connectivity index (χ1n) is 7.99. The maximum absolute atomic E-state index is 13.4. The van der Waals surface area contributed by atoms with Crippen molar-refractivity contribution < 1.29 is 4.39 Å². The molecule has 0 heterocycles. The summed E-state index contributed by atoms with van der Waals surface area (Å²) in [5, 5.41) is 3.91. The number of rotatable bonds is 4. The molecule has 0 amide bonds. The fraction of sp³-hybridized carbons (Fsp3) is 0.0952. The standard InChI is InChI=1S/C21H16BrClFNS/c1-12-11-15(24)7-8-16(12)21(26)17-4-3-5-19(20(17)23)25-18-9-6-14(22)10-13(18)2/h3-11,25H,1-2H3. The van der Waals surface area contributed by atoms with Crippen LogP contribution in [0.25, 0.3) is 0 Å². The van der Waals surface area contributed by atoms with Crippen LogP contribution < -0.4 is 5.32 Å². The third-order valence-corrected chi connectivity index (χ3v) is 5.47. The van der Waals surface area contributed by atoms with E-state index < -0.39 is 0 Å². The molecule has 0 aliphatic heterocycles. The van der Waals surface area contributed by atoms with Crippen molar-refractivity contribution in [1.82, 2.24) is 0 Å². The molecule has 0 unspecified atom stereocenters. The van der Waals surface area contributed by atoms with Crippen LogP contribution in [0, 0.1) is 19.7 Å². The van der Waals surface area contributed by atoms with E-state index in [2.05, 4.69) is 21.2 Å². The normalized spacial score (nSPS) is 10.7. The van der Waals surface area contributed by atoms with Gasteiger partial charge in [-0.15, -0.1) is 0 Å². The summed E-state index contributed by atoms with van der Waals surface area (Å²) in [6, 6.07) is 16.3. The molecule has 0 aliphatic carbocycles. The summed E-state index contributed by atoms with van der Waals surface area (Å²) in [5.74, 6) is -0.277. The van der Waals surface area contributed by atoms with Crippen LogP contribution in [0.4, 0.5) is 15.8 Å². The van der Waals surface area contributed by atoms with Gasteiger partial charge in [-0.2, -0.15) is 0 Å². The van der Waals surface area contributed by atoms with Crippen LogP contribution in [-0.4, -0.2) is 4.86 Å². The molecule has 132 valence electrons. The molecule has 0 atom stereocenters. The Morgan fingerprint density at radius 1 is 0.962 bits per heavy atom. The van der Waals surface area contributed by atoms with E-state index in [-0.39, 0.29) is 5.82 Å². The van der Waals surface area contributed by atoms with E-state index in [1.807, 2.05) is 50.2 Å². The second-order valence-corrected chi connectivity index (χ2v) is 7.74. The maximum Gasteiger partial charge on any atom is 0.123 e. The van der Waals surface area contributed by atoms with Gasteiger partial charge in [0.25, 0.3) is 0 Å². The fourth-order valence-electron chi connectivity index (χ4n) is 2.74. The highest BCUT2D eigenvalue weighted by molar-refractivity contribution is 9.10. The van der Waals surface area contributed by atoms with Gasteiger partial charge in [0.05, 0.1) is 15.6 Å². The zero-order valence-electron chi connectivity index (χ0n) is 14.2. The van der Waals surface area contributed by atoms with Crippen LogP contribution in [0.2, 0.25) is 5.02 Å². The first-order valence-corrected chi connectivity index (χ1v) is 9.57. The van der Waals surface area contributed by atoms with Gasteiger partial charge in [-0.1, -0.05) is 57.9 Å². The van der Waals surface area contributed by atoms with Crippen molar-refractivity contribution in [3.05, 3.63) is 92.2 Å². The van der Waals surface area contributed by atoms with Crippen LogP contribution in [0.15, 0.2) is 59.1 Å². The molecular weight excluding hydrogens is 433 g/mol. The highest BCUT2D eigenvalue weighted by atomic mass is 79.9. The summed E-state index contributed by atoms with van der Waals surface area (Å²) in [6.07, 6.45) is 0. The molecule has 0 saturated heterocycles. The largest absolute Gasteiger partial charge is 0.354 e. The van der Waals surface area contributed by atoms with Gasteiger partial charge in [-0.3, -0.25) is 0 Å². The third kappa shape index (κ3) is 3.98. The average molecular weight is 449 g/mol. The first kappa shape index (κ1) is 19.0. The Kier molecular flexibility index (Phi) is 5.76. The minimum atomic E-state index is -0.277. The van der Waals surface area contributed by atoms with Gasteiger partial charge in [-0.05, 0) is 66.9 Å². The van der Waals surface area contributed by atoms with Crippen molar-refractivity contribution in [3.8, 4) is 0 Å². The van der Waals surface area contributed by atoms with Crippen molar-refractivity contribution in [2.24, 2.45) is 0 Å². The Morgan fingerprint density at radius 2 is 1.73 bits per heavy atom. The lowest BCUT2D eigenvalue weighted by Crippen LogP contribution is -2.05. The quantitative estimate of drug-likeness (QED) is 0.330. The molecule has 0 bridgehead atoms. The molecule has 1 nitrogen and oxygen atoms in total. The van der Waals surface area contributed by atoms with E-state index in [4.69, 9.17) is 23.8 Å². The Labute approximate surface area is 171 Å². The summed E-state index contributed by atoms with van der Waals surface area (Å²) in [4.78, 5) is 0.601. The Hall–Kier alpha value is -1.75. The van der Waals surface area contributed by atoms with Crippen LogP contribution in [0.3, 0.4) is 0 Å². The van der Waals surface area contributed by atoms with E-state index in [0.29, 0.717) is 9.89 Å². The van der Waals surface area contributed by atoms with E-state index in [0.717, 1.165) is 38.1 Å². The first-order chi connectivity index (χ1) is 12.4. The molecule has 5 heteroatoms. The van der Waals surface area contributed by atoms with Crippen molar-refractivity contribution >= 4 is 56.0 Å². The number of anilines is 2. The minimum Gasteiger partial charge on any atom is -0.354 e. The van der Waals surface area contributed by atoms with Crippen molar-refractivity contribution in [3.63, 3.8) is 0 Å². The molecule has 1 N–H and O–H groups in total. The smallest absolute Gasteiger partial charge is 0.123 e. The fourth-order valence-corrected chi connectivity index (χ4v) is 3.94. The molecule has 3 aromatic carbocycles. The summed E-state index contributed by atoms with van der Waals surface area (Å²) in [6.45, 7) is 3.86. The molecule has 0 aliphatic rings. The second kappa shape index (κ2) is 7.87. The predicted molar refractivity (Wildman–Crippen MR) is 116 cm³/mol. The molecule has 3 aromatic rings. The van der Waals surface area contributed by atoms with Gasteiger partial charge in [0.15, 0.2) is 0 Å². The van der Waals surface area contributed by atoms with Crippen LogP contribution in [-0.2, 0) is 0 Å². The molecule has 26 heavy (non-hydrogen) atoms. The average Bonchev–Trinajstić information content (AvgIpc) is 2.58. The summed E-state index contributed by atoms with van der Waals surface area (Å²) in [7, 11) is 0. The molecule has 0 saturated carbocycles. The lowest BCUT2D eigenvalue weighted by molar-refractivity contribution is 0.626. The summed E-state index contributed by atoms with van der Waals surface area (Å²) >= 11 is 15.7.